The molecule has 2 fully saturated rings. The van der Waals surface area contributed by atoms with Crippen molar-refractivity contribution in [2.45, 2.75) is 76.0 Å². The summed E-state index contributed by atoms with van der Waals surface area (Å²) >= 11 is 6.81. The zero-order valence-corrected chi connectivity index (χ0v) is 23.5. The lowest BCUT2D eigenvalue weighted by molar-refractivity contribution is -0.141. The maximum atomic E-state index is 13.4. The monoisotopic (exact) mass is 542 g/mol. The quantitative estimate of drug-likeness (QED) is 0.382. The molecule has 2 aromatic rings. The molecule has 1 aliphatic carbocycles. The first kappa shape index (κ1) is 29.0. The summed E-state index contributed by atoms with van der Waals surface area (Å²) in [5.41, 5.74) is 9.02. The van der Waals surface area contributed by atoms with Crippen molar-refractivity contribution in [3.8, 4) is 0 Å². The highest BCUT2D eigenvalue weighted by Gasteiger charge is 2.44. The number of likely N-dealkylation sites (tertiary alicyclic amines) is 1. The minimum atomic E-state index is -1.14. The fourth-order valence-corrected chi connectivity index (χ4v) is 6.69. The van der Waals surface area contributed by atoms with Gasteiger partial charge in [-0.05, 0) is 81.0 Å². The number of hydrogen-bond donors (Lipinski definition) is 3. The largest absolute Gasteiger partial charge is 0.391 e. The molecular formula is C31H43ClN2O4. The number of nitrogens with two attached hydrogens (primary N) is 1. The molecule has 4 rings (SSSR count). The zero-order valence-electron chi connectivity index (χ0n) is 22.7. The van der Waals surface area contributed by atoms with Gasteiger partial charge in [0.05, 0.1) is 11.7 Å². The summed E-state index contributed by atoms with van der Waals surface area (Å²) in [6.45, 7) is 3.87. The van der Waals surface area contributed by atoms with Gasteiger partial charge in [0.15, 0.2) is 0 Å². The van der Waals surface area contributed by atoms with Gasteiger partial charge in [0.25, 0.3) is 0 Å². The van der Waals surface area contributed by atoms with E-state index in [1.807, 2.05) is 23.1 Å². The van der Waals surface area contributed by atoms with Crippen LogP contribution in [0.15, 0.2) is 42.5 Å². The Bertz CT molecular complexity index is 1090. The second-order valence-corrected chi connectivity index (χ2v) is 11.7. The molecule has 2 aromatic carbocycles. The molecule has 4 N–H and O–H groups in total. The number of halogens is 1. The number of methoxy groups -OCH3 is 1. The Kier molecular flexibility index (Phi) is 9.88. The van der Waals surface area contributed by atoms with Crippen LogP contribution >= 0.6 is 11.6 Å². The number of nitrogens with zero attached hydrogens (tertiary/aromatic N) is 1. The SMILES string of the molecule is COCCCCC(O)(c1cccc(Cl)c1Cc1cccc(C)c1)[C@@H]1CCCN(C(=O)[C@H]2C[C@@H](N)[C@@H](O)C2)C1. The molecule has 5 atom stereocenters. The molecule has 208 valence electrons. The molecule has 0 aromatic heterocycles. The number of ether oxygens (including phenoxy) is 1. The van der Waals surface area contributed by atoms with E-state index in [4.69, 9.17) is 22.1 Å². The molecule has 1 amide bonds. The Labute approximate surface area is 232 Å². The number of amides is 1. The maximum Gasteiger partial charge on any atom is 0.225 e. The van der Waals surface area contributed by atoms with Crippen LogP contribution in [-0.4, -0.2) is 60.0 Å². The van der Waals surface area contributed by atoms with E-state index in [0.717, 1.165) is 42.4 Å². The molecule has 38 heavy (non-hydrogen) atoms. The van der Waals surface area contributed by atoms with Crippen LogP contribution in [0.3, 0.4) is 0 Å². The summed E-state index contributed by atoms with van der Waals surface area (Å²) < 4.78 is 5.28. The molecule has 6 nitrogen and oxygen atoms in total. The smallest absolute Gasteiger partial charge is 0.225 e. The van der Waals surface area contributed by atoms with Gasteiger partial charge in [-0.2, -0.15) is 0 Å². The molecule has 2 aliphatic rings. The van der Waals surface area contributed by atoms with Gasteiger partial charge in [0, 0.05) is 49.7 Å². The van der Waals surface area contributed by atoms with E-state index in [1.54, 1.807) is 7.11 Å². The summed E-state index contributed by atoms with van der Waals surface area (Å²) in [5, 5.41) is 23.4. The van der Waals surface area contributed by atoms with E-state index in [-0.39, 0.29) is 23.8 Å². The third-order valence-electron chi connectivity index (χ3n) is 8.54. The Hall–Kier alpha value is -1.96. The number of carbonyl (C=O) groups excluding carboxylic acids is 1. The Balaban J connectivity index is 1.64. The topological polar surface area (TPSA) is 96.0 Å². The standard InChI is InChI=1S/C31H43ClN2O4/c1-21-8-5-9-22(16-21)17-25-26(11-6-12-27(25)32)31(37,13-3-4-15-38-2)24-10-7-14-34(20-24)30(36)23-18-28(33)29(35)19-23/h5-6,8-9,11-12,16,23-24,28-29,35,37H,3-4,7,10,13-15,17-20,33H2,1-2H3/t23-,24+,28+,29-,31?/m0/s1. The highest BCUT2D eigenvalue weighted by molar-refractivity contribution is 6.31. The van der Waals surface area contributed by atoms with Crippen molar-refractivity contribution >= 4 is 17.5 Å². The third-order valence-corrected chi connectivity index (χ3v) is 8.89. The number of aliphatic hydroxyl groups excluding tert-OH is 1. The highest BCUT2D eigenvalue weighted by atomic mass is 35.5. The summed E-state index contributed by atoms with van der Waals surface area (Å²) in [6, 6.07) is 13.9. The molecule has 1 saturated carbocycles. The third kappa shape index (κ3) is 6.60. The van der Waals surface area contributed by atoms with Crippen LogP contribution < -0.4 is 5.73 Å². The van der Waals surface area contributed by atoms with Gasteiger partial charge < -0.3 is 25.6 Å². The number of piperidine rings is 1. The summed E-state index contributed by atoms with van der Waals surface area (Å²) in [7, 11) is 1.69. The maximum absolute atomic E-state index is 13.4. The highest BCUT2D eigenvalue weighted by Crippen LogP contribution is 2.43. The Morgan fingerprint density at radius 3 is 2.71 bits per heavy atom. The number of benzene rings is 2. The fourth-order valence-electron chi connectivity index (χ4n) is 6.44. The van der Waals surface area contributed by atoms with Crippen LogP contribution in [-0.2, 0) is 21.6 Å². The van der Waals surface area contributed by atoms with Crippen LogP contribution in [0.1, 0.15) is 67.2 Å². The van der Waals surface area contributed by atoms with E-state index in [1.165, 1.54) is 5.56 Å². The number of hydrogen-bond acceptors (Lipinski definition) is 5. The van der Waals surface area contributed by atoms with Gasteiger partial charge in [-0.25, -0.2) is 0 Å². The van der Waals surface area contributed by atoms with Crippen molar-refractivity contribution in [1.82, 2.24) is 4.90 Å². The first-order chi connectivity index (χ1) is 18.2. The van der Waals surface area contributed by atoms with Gasteiger partial charge in [-0.15, -0.1) is 0 Å². The molecule has 0 bridgehead atoms. The van der Waals surface area contributed by atoms with Gasteiger partial charge in [0.2, 0.25) is 5.91 Å². The predicted octanol–water partition coefficient (Wildman–Crippen LogP) is 4.58. The lowest BCUT2D eigenvalue weighted by Gasteiger charge is -2.44. The normalized spacial score (nSPS) is 25.4. The molecule has 1 saturated heterocycles. The first-order valence-electron chi connectivity index (χ1n) is 14.0. The second kappa shape index (κ2) is 12.9. The average molecular weight is 543 g/mol. The molecular weight excluding hydrogens is 500 g/mol. The van der Waals surface area contributed by atoms with Gasteiger partial charge >= 0.3 is 0 Å². The van der Waals surface area contributed by atoms with E-state index in [0.29, 0.717) is 50.4 Å². The average Bonchev–Trinajstić information content (AvgIpc) is 3.25. The van der Waals surface area contributed by atoms with Gasteiger partial charge in [-0.3, -0.25) is 4.79 Å². The van der Waals surface area contributed by atoms with Crippen molar-refractivity contribution in [3.05, 3.63) is 69.7 Å². The molecule has 1 unspecified atom stereocenters. The Morgan fingerprint density at radius 1 is 1.21 bits per heavy atom. The summed E-state index contributed by atoms with van der Waals surface area (Å²) in [5.74, 6) is -0.330. The summed E-state index contributed by atoms with van der Waals surface area (Å²) in [6.07, 6.45) is 4.79. The van der Waals surface area contributed by atoms with Crippen molar-refractivity contribution < 1.29 is 19.7 Å². The lowest BCUT2D eigenvalue weighted by Crippen LogP contribution is -2.49. The fraction of sp³-hybridized carbons (Fsp3) is 0.581. The molecule has 1 aliphatic heterocycles. The Morgan fingerprint density at radius 2 is 2.00 bits per heavy atom. The lowest BCUT2D eigenvalue weighted by atomic mass is 9.72. The molecule has 0 radical (unpaired) electrons. The van der Waals surface area contributed by atoms with Crippen molar-refractivity contribution in [2.24, 2.45) is 17.6 Å². The van der Waals surface area contributed by atoms with Crippen LogP contribution in [0, 0.1) is 18.8 Å². The van der Waals surface area contributed by atoms with Crippen molar-refractivity contribution in [3.63, 3.8) is 0 Å². The predicted molar refractivity (Wildman–Crippen MR) is 151 cm³/mol. The van der Waals surface area contributed by atoms with E-state index >= 15 is 0 Å². The molecule has 0 spiro atoms. The van der Waals surface area contributed by atoms with Gasteiger partial charge in [-0.1, -0.05) is 53.6 Å². The zero-order chi connectivity index (χ0) is 27.3. The van der Waals surface area contributed by atoms with E-state index < -0.39 is 11.7 Å². The number of carbonyl (C=O) groups is 1. The molecule has 1 heterocycles. The van der Waals surface area contributed by atoms with Crippen molar-refractivity contribution in [1.29, 1.82) is 0 Å². The number of aryl methyl sites for hydroxylation is 1. The first-order valence-corrected chi connectivity index (χ1v) is 14.4. The van der Waals surface area contributed by atoms with Crippen LogP contribution in [0.25, 0.3) is 0 Å². The van der Waals surface area contributed by atoms with Crippen molar-refractivity contribution in [2.75, 3.05) is 26.8 Å². The molecule has 7 heteroatoms. The van der Waals surface area contributed by atoms with E-state index in [9.17, 15) is 15.0 Å². The number of unbranched alkanes of at least 4 members (excludes halogenated alkanes) is 1. The van der Waals surface area contributed by atoms with Crippen LogP contribution in [0.2, 0.25) is 5.02 Å². The number of rotatable bonds is 10. The van der Waals surface area contributed by atoms with E-state index in [2.05, 4.69) is 31.2 Å². The second-order valence-electron chi connectivity index (χ2n) is 11.3. The summed E-state index contributed by atoms with van der Waals surface area (Å²) in [4.78, 5) is 15.3. The minimum Gasteiger partial charge on any atom is -0.391 e. The minimum absolute atomic E-state index is 0.0505. The van der Waals surface area contributed by atoms with Gasteiger partial charge in [0.1, 0.15) is 0 Å². The van der Waals surface area contributed by atoms with Crippen LogP contribution in [0.4, 0.5) is 0 Å². The number of aliphatic hydroxyl groups is 2. The van der Waals surface area contributed by atoms with Crippen LogP contribution in [0.5, 0.6) is 0 Å².